The van der Waals surface area contributed by atoms with Crippen LogP contribution in [0, 0.1) is 0 Å². The maximum Gasteiger partial charge on any atom is 0.428 e. The summed E-state index contributed by atoms with van der Waals surface area (Å²) in [5.74, 6) is 0. The molecule has 0 bridgehead atoms. The predicted octanol–water partition coefficient (Wildman–Crippen LogP) is 0.199. The molecule has 12 heavy (non-hydrogen) atoms. The van der Waals surface area contributed by atoms with Crippen molar-refractivity contribution in [2.24, 2.45) is 0 Å². The van der Waals surface area contributed by atoms with Crippen LogP contribution in [0.3, 0.4) is 0 Å². The van der Waals surface area contributed by atoms with E-state index < -0.39 is 12.4 Å². The van der Waals surface area contributed by atoms with Crippen molar-refractivity contribution in [3.63, 3.8) is 0 Å². The zero-order valence-electron chi connectivity index (χ0n) is 6.34. The molecule has 72 valence electrons. The summed E-state index contributed by atoms with van der Waals surface area (Å²) in [6.45, 7) is 0.738. The Bertz CT molecular complexity index is 144. The summed E-state index contributed by atoms with van der Waals surface area (Å²) < 4.78 is 40.5. The lowest BCUT2D eigenvalue weighted by Crippen LogP contribution is -2.50. The van der Waals surface area contributed by atoms with E-state index in [1.165, 1.54) is 0 Å². The maximum atomic E-state index is 11.9. The summed E-state index contributed by atoms with van der Waals surface area (Å²) in [5, 5.41) is 8.76. The Morgan fingerprint density at radius 1 is 1.25 bits per heavy atom. The van der Waals surface area contributed by atoms with Crippen molar-refractivity contribution in [3.05, 3.63) is 0 Å². The molecule has 1 aliphatic rings. The molecule has 1 atom stereocenters. The molecule has 0 saturated carbocycles. The second kappa shape index (κ2) is 3.59. The molecule has 1 aliphatic heterocycles. The van der Waals surface area contributed by atoms with Crippen LogP contribution in [0.25, 0.3) is 0 Å². The van der Waals surface area contributed by atoms with Crippen LogP contribution >= 0.6 is 0 Å². The third kappa shape index (κ3) is 2.33. The highest BCUT2D eigenvalue weighted by atomic mass is 19.4. The van der Waals surface area contributed by atoms with E-state index in [0.717, 1.165) is 4.90 Å². The van der Waals surface area contributed by atoms with Gasteiger partial charge in [-0.15, -0.1) is 0 Å². The molecule has 0 aromatic rings. The van der Waals surface area contributed by atoms with Crippen LogP contribution < -0.4 is 0 Å². The lowest BCUT2D eigenvalue weighted by atomic mass is 10.4. The van der Waals surface area contributed by atoms with Gasteiger partial charge in [0.25, 0.3) is 0 Å². The average Bonchev–Trinajstić information content (AvgIpc) is 2.03. The molecule has 0 spiro atoms. The lowest BCUT2D eigenvalue weighted by molar-refractivity contribution is -0.256. The Kier molecular flexibility index (Phi) is 2.92. The molecule has 0 amide bonds. The topological polar surface area (TPSA) is 32.7 Å². The number of alkyl halides is 3. The van der Waals surface area contributed by atoms with Crippen molar-refractivity contribution in [2.75, 3.05) is 26.3 Å². The lowest BCUT2D eigenvalue weighted by Gasteiger charge is -2.31. The van der Waals surface area contributed by atoms with Crippen LogP contribution in [-0.2, 0) is 4.74 Å². The van der Waals surface area contributed by atoms with Crippen LogP contribution in [0.5, 0.6) is 0 Å². The van der Waals surface area contributed by atoms with E-state index in [0.29, 0.717) is 0 Å². The minimum atomic E-state index is -4.56. The monoisotopic (exact) mass is 185 g/mol. The molecule has 0 aliphatic carbocycles. The summed E-state index contributed by atoms with van der Waals surface area (Å²) in [6, 6.07) is 0. The van der Waals surface area contributed by atoms with E-state index in [4.69, 9.17) is 9.84 Å². The van der Waals surface area contributed by atoms with Crippen molar-refractivity contribution in [2.45, 2.75) is 12.4 Å². The molecule has 1 N–H and O–H groups in total. The number of aliphatic hydroxyl groups is 1. The van der Waals surface area contributed by atoms with Crippen molar-refractivity contribution >= 4 is 0 Å². The zero-order chi connectivity index (χ0) is 9.19. The van der Waals surface area contributed by atoms with E-state index in [1.54, 1.807) is 0 Å². The molecule has 6 heteroatoms. The second-order valence-electron chi connectivity index (χ2n) is 2.56. The van der Waals surface area contributed by atoms with Gasteiger partial charge in [-0.05, 0) is 0 Å². The number of aliphatic hydroxyl groups excluding tert-OH is 1. The Balaban J connectivity index is 2.45. The van der Waals surface area contributed by atoms with Crippen LogP contribution in [0.4, 0.5) is 13.2 Å². The van der Waals surface area contributed by atoms with Crippen LogP contribution in [0.15, 0.2) is 0 Å². The van der Waals surface area contributed by atoms with Gasteiger partial charge in [0.15, 0.2) is 0 Å². The summed E-state index contributed by atoms with van der Waals surface area (Å²) in [4.78, 5) is 0.948. The van der Waals surface area contributed by atoms with Crippen molar-refractivity contribution < 1.29 is 23.0 Å². The van der Waals surface area contributed by atoms with Gasteiger partial charge < -0.3 is 9.84 Å². The standard InChI is InChI=1S/C6H10F3NO2/c7-6(8,9)5(11)10-1-3-12-4-2-10/h5,11H,1-4H2. The number of halogens is 3. The van der Waals surface area contributed by atoms with Gasteiger partial charge in [0.1, 0.15) is 0 Å². The Morgan fingerprint density at radius 2 is 1.75 bits per heavy atom. The maximum absolute atomic E-state index is 11.9. The number of hydrogen-bond acceptors (Lipinski definition) is 3. The number of hydrogen-bond donors (Lipinski definition) is 1. The third-order valence-corrected chi connectivity index (χ3v) is 1.68. The van der Waals surface area contributed by atoms with Gasteiger partial charge in [-0.2, -0.15) is 13.2 Å². The van der Waals surface area contributed by atoms with E-state index in [2.05, 4.69) is 0 Å². The van der Waals surface area contributed by atoms with Gasteiger partial charge in [0.2, 0.25) is 6.23 Å². The highest BCUT2D eigenvalue weighted by Gasteiger charge is 2.42. The minimum Gasteiger partial charge on any atom is -0.379 e. The van der Waals surface area contributed by atoms with Gasteiger partial charge in [-0.3, -0.25) is 4.90 Å². The molecule has 0 radical (unpaired) electrons. The van der Waals surface area contributed by atoms with E-state index >= 15 is 0 Å². The quantitative estimate of drug-likeness (QED) is 0.633. The molecular weight excluding hydrogens is 175 g/mol. The van der Waals surface area contributed by atoms with Crippen LogP contribution in [0.2, 0.25) is 0 Å². The van der Waals surface area contributed by atoms with E-state index in [9.17, 15) is 13.2 Å². The van der Waals surface area contributed by atoms with E-state index in [1.807, 2.05) is 0 Å². The fourth-order valence-corrected chi connectivity index (χ4v) is 1.03. The predicted molar refractivity (Wildman–Crippen MR) is 34.5 cm³/mol. The fourth-order valence-electron chi connectivity index (χ4n) is 1.03. The smallest absolute Gasteiger partial charge is 0.379 e. The molecule has 1 heterocycles. The first-order chi connectivity index (χ1) is 5.52. The molecule has 1 unspecified atom stereocenters. The van der Waals surface area contributed by atoms with Gasteiger partial charge in [-0.25, -0.2) is 0 Å². The Labute approximate surface area is 67.7 Å². The van der Waals surface area contributed by atoms with Crippen LogP contribution in [0.1, 0.15) is 0 Å². The number of ether oxygens (including phenoxy) is 1. The van der Waals surface area contributed by atoms with Gasteiger partial charge in [-0.1, -0.05) is 0 Å². The number of morpholine rings is 1. The van der Waals surface area contributed by atoms with Crippen molar-refractivity contribution in [1.29, 1.82) is 0 Å². The second-order valence-corrected chi connectivity index (χ2v) is 2.56. The summed E-state index contributed by atoms with van der Waals surface area (Å²) >= 11 is 0. The summed E-state index contributed by atoms with van der Waals surface area (Å²) in [7, 11) is 0. The average molecular weight is 185 g/mol. The fraction of sp³-hybridized carbons (Fsp3) is 1.00. The SMILES string of the molecule is OC(N1CCOCC1)C(F)(F)F. The first-order valence-corrected chi connectivity index (χ1v) is 3.58. The molecule has 1 fully saturated rings. The molecule has 1 saturated heterocycles. The van der Waals surface area contributed by atoms with Crippen molar-refractivity contribution in [1.82, 2.24) is 4.90 Å². The molecule has 1 rings (SSSR count). The van der Waals surface area contributed by atoms with Crippen molar-refractivity contribution in [3.8, 4) is 0 Å². The molecule has 3 nitrogen and oxygen atoms in total. The highest BCUT2D eigenvalue weighted by molar-refractivity contribution is 4.70. The summed E-state index contributed by atoms with van der Waals surface area (Å²) in [5.41, 5.74) is 0. The molecule has 0 aromatic carbocycles. The first-order valence-electron chi connectivity index (χ1n) is 3.58. The molecular formula is C6H10F3NO2. The Hall–Kier alpha value is -0.330. The number of nitrogens with zero attached hydrogens (tertiary/aromatic N) is 1. The molecule has 0 aromatic heterocycles. The highest BCUT2D eigenvalue weighted by Crippen LogP contribution is 2.23. The third-order valence-electron chi connectivity index (χ3n) is 1.68. The summed E-state index contributed by atoms with van der Waals surface area (Å²) in [6.07, 6.45) is -6.90. The minimum absolute atomic E-state index is 0.126. The number of rotatable bonds is 1. The largest absolute Gasteiger partial charge is 0.428 e. The normalized spacial score (nSPS) is 24.0. The van der Waals surface area contributed by atoms with Crippen LogP contribution in [-0.4, -0.2) is 48.7 Å². The first kappa shape index (κ1) is 9.76. The van der Waals surface area contributed by atoms with E-state index in [-0.39, 0.29) is 26.3 Å². The van der Waals surface area contributed by atoms with Gasteiger partial charge in [0, 0.05) is 13.1 Å². The van der Waals surface area contributed by atoms with Gasteiger partial charge in [0.05, 0.1) is 13.2 Å². The Morgan fingerprint density at radius 3 is 2.17 bits per heavy atom. The zero-order valence-corrected chi connectivity index (χ0v) is 6.34. The van der Waals surface area contributed by atoms with Gasteiger partial charge >= 0.3 is 6.18 Å².